The highest BCUT2D eigenvalue weighted by Gasteiger charge is 2.34. The third-order valence-electron chi connectivity index (χ3n) is 1.77. The van der Waals surface area contributed by atoms with Crippen LogP contribution in [0.4, 0.5) is 0 Å². The minimum Gasteiger partial charge on any atom is -0.308 e. The van der Waals surface area contributed by atoms with E-state index in [4.69, 9.17) is 9.05 Å². The van der Waals surface area contributed by atoms with Crippen molar-refractivity contribution in [2.24, 2.45) is 0 Å². The Labute approximate surface area is 85.5 Å². The van der Waals surface area contributed by atoms with E-state index in [1.807, 2.05) is 6.92 Å². The standard InChI is InChI=1S/C9H19O4P/c1-4-7-9(8-10)14(11,12-5-2)13-6-3/h8-9H,4-7H2,1-3H3/t9-/m1/s1. The summed E-state index contributed by atoms with van der Waals surface area (Å²) in [5.74, 6) is 0. The summed E-state index contributed by atoms with van der Waals surface area (Å²) in [5.41, 5.74) is -0.618. The van der Waals surface area contributed by atoms with Gasteiger partial charge in [0.1, 0.15) is 11.9 Å². The topological polar surface area (TPSA) is 52.6 Å². The Morgan fingerprint density at radius 3 is 2.00 bits per heavy atom. The fourth-order valence-electron chi connectivity index (χ4n) is 1.19. The van der Waals surface area contributed by atoms with Crippen molar-refractivity contribution in [2.75, 3.05) is 13.2 Å². The molecule has 0 aliphatic rings. The van der Waals surface area contributed by atoms with Gasteiger partial charge < -0.3 is 13.8 Å². The lowest BCUT2D eigenvalue weighted by Crippen LogP contribution is -2.14. The molecule has 0 unspecified atom stereocenters. The van der Waals surface area contributed by atoms with Gasteiger partial charge in [-0.05, 0) is 20.3 Å². The molecule has 0 aliphatic heterocycles. The van der Waals surface area contributed by atoms with Gasteiger partial charge >= 0.3 is 7.60 Å². The zero-order valence-corrected chi connectivity index (χ0v) is 9.96. The van der Waals surface area contributed by atoms with Crippen LogP contribution in [0.1, 0.15) is 33.6 Å². The highest BCUT2D eigenvalue weighted by molar-refractivity contribution is 7.55. The molecule has 0 radical (unpaired) electrons. The molecule has 0 N–H and O–H groups in total. The second kappa shape index (κ2) is 7.16. The van der Waals surface area contributed by atoms with Crippen molar-refractivity contribution < 1.29 is 18.4 Å². The maximum Gasteiger partial charge on any atom is 0.340 e. The highest BCUT2D eigenvalue weighted by Crippen LogP contribution is 2.53. The molecule has 0 rings (SSSR count). The molecule has 0 aromatic heterocycles. The quantitative estimate of drug-likeness (QED) is 0.468. The molecule has 0 bridgehead atoms. The minimum absolute atomic E-state index is 0.297. The van der Waals surface area contributed by atoms with Crippen molar-refractivity contribution in [3.05, 3.63) is 0 Å². The van der Waals surface area contributed by atoms with E-state index in [0.717, 1.165) is 6.42 Å². The number of rotatable bonds is 8. The molecule has 5 heteroatoms. The monoisotopic (exact) mass is 222 g/mol. The fraction of sp³-hybridized carbons (Fsp3) is 0.889. The van der Waals surface area contributed by atoms with E-state index in [2.05, 4.69) is 0 Å². The van der Waals surface area contributed by atoms with Gasteiger partial charge in [-0.25, -0.2) is 0 Å². The third-order valence-corrected chi connectivity index (χ3v) is 4.19. The SMILES string of the molecule is CCC[C@H](C=O)P(=O)(OCC)OCC. The normalized spacial score (nSPS) is 13.9. The van der Waals surface area contributed by atoms with Crippen molar-refractivity contribution in [3.63, 3.8) is 0 Å². The van der Waals surface area contributed by atoms with Crippen molar-refractivity contribution in [1.29, 1.82) is 0 Å². The molecule has 14 heavy (non-hydrogen) atoms. The molecular weight excluding hydrogens is 203 g/mol. The van der Waals surface area contributed by atoms with Gasteiger partial charge in [0.05, 0.1) is 13.2 Å². The van der Waals surface area contributed by atoms with Gasteiger partial charge in [0.2, 0.25) is 0 Å². The van der Waals surface area contributed by atoms with E-state index in [1.165, 1.54) is 0 Å². The van der Waals surface area contributed by atoms with Crippen molar-refractivity contribution in [1.82, 2.24) is 0 Å². The molecular formula is C9H19O4P. The maximum atomic E-state index is 12.1. The maximum absolute atomic E-state index is 12.1. The molecule has 0 saturated heterocycles. The van der Waals surface area contributed by atoms with E-state index in [1.54, 1.807) is 13.8 Å². The van der Waals surface area contributed by atoms with E-state index < -0.39 is 13.3 Å². The summed E-state index contributed by atoms with van der Waals surface area (Å²) >= 11 is 0. The van der Waals surface area contributed by atoms with E-state index in [0.29, 0.717) is 25.9 Å². The van der Waals surface area contributed by atoms with Crippen LogP contribution in [-0.4, -0.2) is 25.2 Å². The van der Waals surface area contributed by atoms with E-state index in [-0.39, 0.29) is 0 Å². The number of hydrogen-bond acceptors (Lipinski definition) is 4. The predicted molar refractivity (Wildman–Crippen MR) is 55.6 cm³/mol. The Kier molecular flexibility index (Phi) is 7.06. The average Bonchev–Trinajstić information content (AvgIpc) is 2.14. The fourth-order valence-corrected chi connectivity index (χ4v) is 3.09. The molecule has 0 heterocycles. The van der Waals surface area contributed by atoms with E-state index >= 15 is 0 Å². The van der Waals surface area contributed by atoms with Crippen LogP contribution in [-0.2, 0) is 18.4 Å². The minimum atomic E-state index is -3.21. The molecule has 4 nitrogen and oxygen atoms in total. The van der Waals surface area contributed by atoms with Crippen LogP contribution in [0.15, 0.2) is 0 Å². The summed E-state index contributed by atoms with van der Waals surface area (Å²) in [6.07, 6.45) is 2.00. The van der Waals surface area contributed by atoms with Crippen LogP contribution in [0.3, 0.4) is 0 Å². The highest BCUT2D eigenvalue weighted by atomic mass is 31.2. The number of carbonyl (C=O) groups excluding carboxylic acids is 1. The Bertz CT molecular complexity index is 195. The summed E-state index contributed by atoms with van der Waals surface area (Å²) in [5, 5.41) is 0. The first-order valence-corrected chi connectivity index (χ1v) is 6.59. The molecule has 84 valence electrons. The summed E-state index contributed by atoms with van der Waals surface area (Å²) in [7, 11) is -3.21. The van der Waals surface area contributed by atoms with Gasteiger partial charge in [-0.2, -0.15) is 0 Å². The van der Waals surface area contributed by atoms with Crippen LogP contribution >= 0.6 is 7.60 Å². The molecule has 1 atom stereocenters. The van der Waals surface area contributed by atoms with Gasteiger partial charge in [0.25, 0.3) is 0 Å². The van der Waals surface area contributed by atoms with Crippen molar-refractivity contribution in [2.45, 2.75) is 39.3 Å². The van der Waals surface area contributed by atoms with Crippen LogP contribution < -0.4 is 0 Å². The average molecular weight is 222 g/mol. The largest absolute Gasteiger partial charge is 0.340 e. The summed E-state index contributed by atoms with van der Waals surface area (Å²) < 4.78 is 22.2. The summed E-state index contributed by atoms with van der Waals surface area (Å²) in [6, 6.07) is 0. The second-order valence-corrected chi connectivity index (χ2v) is 5.13. The van der Waals surface area contributed by atoms with Crippen molar-refractivity contribution in [3.8, 4) is 0 Å². The number of carbonyl (C=O) groups is 1. The van der Waals surface area contributed by atoms with Gasteiger partial charge in [-0.3, -0.25) is 4.57 Å². The van der Waals surface area contributed by atoms with Gasteiger partial charge in [-0.1, -0.05) is 13.3 Å². The first-order chi connectivity index (χ1) is 6.64. The Morgan fingerprint density at radius 1 is 1.21 bits per heavy atom. The number of aldehydes is 1. The lowest BCUT2D eigenvalue weighted by atomic mass is 10.3. The molecule has 0 aromatic carbocycles. The molecule has 0 saturated carbocycles. The summed E-state index contributed by atoms with van der Waals surface area (Å²) in [4.78, 5) is 10.8. The van der Waals surface area contributed by atoms with Crippen LogP contribution in [0, 0.1) is 0 Å². The predicted octanol–water partition coefficient (Wildman–Crippen LogP) is 2.62. The van der Waals surface area contributed by atoms with Crippen LogP contribution in [0.25, 0.3) is 0 Å². The van der Waals surface area contributed by atoms with E-state index in [9.17, 15) is 9.36 Å². The molecule has 0 spiro atoms. The molecule has 0 fully saturated rings. The molecule has 0 aromatic rings. The second-order valence-electron chi connectivity index (χ2n) is 2.87. The van der Waals surface area contributed by atoms with Gasteiger partial charge in [0, 0.05) is 0 Å². The number of hydrogen-bond donors (Lipinski definition) is 0. The van der Waals surface area contributed by atoms with Gasteiger partial charge in [0.15, 0.2) is 0 Å². The zero-order chi connectivity index (χ0) is 11.0. The van der Waals surface area contributed by atoms with Crippen molar-refractivity contribution >= 4 is 13.9 Å². The van der Waals surface area contributed by atoms with Crippen LogP contribution in [0.2, 0.25) is 0 Å². The Balaban J connectivity index is 4.57. The Hall–Kier alpha value is -0.180. The molecule has 0 amide bonds. The lowest BCUT2D eigenvalue weighted by molar-refractivity contribution is -0.108. The Morgan fingerprint density at radius 2 is 1.71 bits per heavy atom. The first-order valence-electron chi connectivity index (χ1n) is 4.98. The third kappa shape index (κ3) is 3.91. The summed E-state index contributed by atoms with van der Waals surface area (Å²) in [6.45, 7) is 5.99. The molecule has 0 aliphatic carbocycles. The van der Waals surface area contributed by atoms with Gasteiger partial charge in [-0.15, -0.1) is 0 Å². The zero-order valence-electron chi connectivity index (χ0n) is 9.06. The lowest BCUT2D eigenvalue weighted by Gasteiger charge is -2.21. The van der Waals surface area contributed by atoms with Crippen LogP contribution in [0.5, 0.6) is 0 Å². The first kappa shape index (κ1) is 13.8. The smallest absolute Gasteiger partial charge is 0.308 e.